The first-order valence-electron chi connectivity index (χ1n) is 8.99. The second kappa shape index (κ2) is 9.04. The number of carbonyl (C=O) groups excluding carboxylic acids is 1. The lowest BCUT2D eigenvalue weighted by Gasteiger charge is -2.13. The molecule has 156 valence electrons. The summed E-state index contributed by atoms with van der Waals surface area (Å²) in [6, 6.07) is 18.7. The van der Waals surface area contributed by atoms with Crippen molar-refractivity contribution >= 4 is 21.4 Å². The molecule has 8 heteroatoms. The number of sulfone groups is 1. The summed E-state index contributed by atoms with van der Waals surface area (Å²) in [5.41, 5.74) is 1.56. The number of alkyl halides is 2. The van der Waals surface area contributed by atoms with Crippen LogP contribution in [0.1, 0.15) is 21.5 Å². The Kier molecular flexibility index (Phi) is 6.47. The van der Waals surface area contributed by atoms with Crippen molar-refractivity contribution in [3.05, 3.63) is 89.5 Å². The van der Waals surface area contributed by atoms with Crippen molar-refractivity contribution in [2.45, 2.75) is 24.2 Å². The summed E-state index contributed by atoms with van der Waals surface area (Å²) in [7, 11) is -3.49. The van der Waals surface area contributed by atoms with E-state index in [4.69, 9.17) is 0 Å². The summed E-state index contributed by atoms with van der Waals surface area (Å²) in [6.07, 6.45) is 0. The second-order valence-electron chi connectivity index (χ2n) is 6.53. The van der Waals surface area contributed by atoms with Crippen molar-refractivity contribution in [3.63, 3.8) is 0 Å². The van der Waals surface area contributed by atoms with Crippen molar-refractivity contribution < 1.29 is 26.7 Å². The highest BCUT2D eigenvalue weighted by molar-refractivity contribution is 7.90. The zero-order valence-corrected chi connectivity index (χ0v) is 16.8. The van der Waals surface area contributed by atoms with Gasteiger partial charge >= 0.3 is 6.61 Å². The summed E-state index contributed by atoms with van der Waals surface area (Å²) < 4.78 is 54.3. The molecule has 0 radical (unpaired) electrons. The molecule has 0 aliphatic carbocycles. The van der Waals surface area contributed by atoms with Crippen molar-refractivity contribution in [2.75, 3.05) is 5.32 Å². The van der Waals surface area contributed by atoms with Gasteiger partial charge in [0.2, 0.25) is 0 Å². The van der Waals surface area contributed by atoms with Crippen LogP contribution in [0.25, 0.3) is 0 Å². The molecule has 1 amide bonds. The van der Waals surface area contributed by atoms with Gasteiger partial charge in [0.05, 0.1) is 10.6 Å². The number of amides is 1. The fourth-order valence-electron chi connectivity index (χ4n) is 2.85. The third-order valence-electron chi connectivity index (χ3n) is 4.42. The average molecular weight is 431 g/mol. The van der Waals surface area contributed by atoms with Crippen molar-refractivity contribution in [1.29, 1.82) is 0 Å². The van der Waals surface area contributed by atoms with E-state index < -0.39 is 22.4 Å². The van der Waals surface area contributed by atoms with Gasteiger partial charge in [-0.3, -0.25) is 4.79 Å². The quantitative estimate of drug-likeness (QED) is 0.582. The zero-order chi connectivity index (χ0) is 21.7. The first-order chi connectivity index (χ1) is 14.3. The molecule has 3 aromatic rings. The maximum Gasteiger partial charge on any atom is 0.387 e. The summed E-state index contributed by atoms with van der Waals surface area (Å²) in [6.45, 7) is -1.40. The minimum Gasteiger partial charge on any atom is -0.434 e. The number of nitrogens with one attached hydrogen (secondary N) is 1. The first-order valence-corrected chi connectivity index (χ1v) is 10.6. The van der Waals surface area contributed by atoms with Crippen LogP contribution in [0.3, 0.4) is 0 Å². The number of ether oxygens (including phenoxy) is 1. The minimum absolute atomic E-state index is 0.0238. The number of anilines is 1. The molecule has 3 aromatic carbocycles. The van der Waals surface area contributed by atoms with Crippen LogP contribution >= 0.6 is 0 Å². The van der Waals surface area contributed by atoms with Gasteiger partial charge in [-0.25, -0.2) is 8.42 Å². The normalized spacial score (nSPS) is 11.3. The molecular weight excluding hydrogens is 412 g/mol. The zero-order valence-electron chi connectivity index (χ0n) is 16.0. The minimum atomic E-state index is -3.49. The summed E-state index contributed by atoms with van der Waals surface area (Å²) in [5.74, 6) is -0.667. The lowest BCUT2D eigenvalue weighted by atomic mass is 10.1. The molecule has 0 unspecified atom stereocenters. The van der Waals surface area contributed by atoms with Crippen LogP contribution in [0.4, 0.5) is 14.5 Å². The van der Waals surface area contributed by atoms with Gasteiger partial charge in [0, 0.05) is 16.8 Å². The molecule has 30 heavy (non-hydrogen) atoms. The highest BCUT2D eigenvalue weighted by Crippen LogP contribution is 2.27. The standard InChI is InChI=1S/C22H19F2NO4S/c1-15-19(8-5-9-20(15)29-22(23)24)25-21(26)17-12-10-16(11-13-17)14-30(27,28)18-6-3-2-4-7-18/h2-13,22H,14H2,1H3,(H,25,26). The molecular formula is C22H19F2NO4S. The molecule has 3 rings (SSSR count). The molecule has 5 nitrogen and oxygen atoms in total. The van der Waals surface area contributed by atoms with Crippen molar-refractivity contribution in [3.8, 4) is 5.75 Å². The molecule has 0 aliphatic heterocycles. The molecule has 0 saturated heterocycles. The maximum absolute atomic E-state index is 12.5. The van der Waals surface area contributed by atoms with E-state index in [1.54, 1.807) is 43.3 Å². The Balaban J connectivity index is 1.72. The highest BCUT2D eigenvalue weighted by atomic mass is 32.2. The number of hydrogen-bond acceptors (Lipinski definition) is 4. The molecule has 0 aromatic heterocycles. The number of halogens is 2. The summed E-state index contributed by atoms with van der Waals surface area (Å²) in [5, 5.41) is 2.65. The Morgan fingerprint density at radius 1 is 0.967 bits per heavy atom. The Morgan fingerprint density at radius 3 is 2.27 bits per heavy atom. The fraction of sp³-hybridized carbons (Fsp3) is 0.136. The molecule has 0 aliphatic rings. The van der Waals surface area contributed by atoms with Crippen molar-refractivity contribution in [1.82, 2.24) is 0 Å². The van der Waals surface area contributed by atoms with Crippen LogP contribution in [0.5, 0.6) is 5.75 Å². The van der Waals surface area contributed by atoms with E-state index in [9.17, 15) is 22.0 Å². The summed E-state index contributed by atoms with van der Waals surface area (Å²) >= 11 is 0. The number of rotatable bonds is 7. The van der Waals surface area contributed by atoms with Gasteiger partial charge in [-0.05, 0) is 48.9 Å². The topological polar surface area (TPSA) is 72.5 Å². The van der Waals surface area contributed by atoms with E-state index in [1.165, 1.54) is 36.4 Å². The Hall–Kier alpha value is -3.26. The van der Waals surface area contributed by atoms with Crippen LogP contribution in [-0.2, 0) is 15.6 Å². The highest BCUT2D eigenvalue weighted by Gasteiger charge is 2.16. The SMILES string of the molecule is Cc1c(NC(=O)c2ccc(CS(=O)(=O)c3ccccc3)cc2)cccc1OC(F)F. The molecule has 0 heterocycles. The fourth-order valence-corrected chi connectivity index (χ4v) is 4.22. The number of hydrogen-bond donors (Lipinski definition) is 1. The largest absolute Gasteiger partial charge is 0.434 e. The van der Waals surface area contributed by atoms with E-state index in [-0.39, 0.29) is 16.4 Å². The van der Waals surface area contributed by atoms with E-state index in [0.717, 1.165) is 0 Å². The van der Waals surface area contributed by atoms with Crippen LogP contribution in [0.2, 0.25) is 0 Å². The second-order valence-corrected chi connectivity index (χ2v) is 8.52. The predicted molar refractivity (Wildman–Crippen MR) is 110 cm³/mol. The Labute approximate surface area is 173 Å². The van der Waals surface area contributed by atoms with Crippen LogP contribution in [0, 0.1) is 6.92 Å². The monoisotopic (exact) mass is 431 g/mol. The number of carbonyl (C=O) groups is 1. The Bertz CT molecular complexity index is 1130. The van der Waals surface area contributed by atoms with Gasteiger partial charge in [0.25, 0.3) is 5.91 Å². The van der Waals surface area contributed by atoms with E-state index in [1.807, 2.05) is 0 Å². The van der Waals surface area contributed by atoms with Crippen LogP contribution in [-0.4, -0.2) is 20.9 Å². The molecule has 0 saturated carbocycles. The van der Waals surface area contributed by atoms with E-state index >= 15 is 0 Å². The van der Waals surface area contributed by atoms with E-state index in [0.29, 0.717) is 22.4 Å². The smallest absolute Gasteiger partial charge is 0.387 e. The van der Waals surface area contributed by atoms with Gasteiger partial charge in [-0.2, -0.15) is 8.78 Å². The maximum atomic E-state index is 12.5. The molecule has 0 bridgehead atoms. The molecule has 0 spiro atoms. The third kappa shape index (κ3) is 5.21. The summed E-state index contributed by atoms with van der Waals surface area (Å²) in [4.78, 5) is 12.7. The van der Waals surface area contributed by atoms with Gasteiger partial charge in [-0.1, -0.05) is 36.4 Å². The molecule has 0 fully saturated rings. The van der Waals surface area contributed by atoms with E-state index in [2.05, 4.69) is 10.1 Å². The third-order valence-corrected chi connectivity index (χ3v) is 6.13. The van der Waals surface area contributed by atoms with Gasteiger partial charge in [0.1, 0.15) is 5.75 Å². The predicted octanol–water partition coefficient (Wildman–Crippen LogP) is 4.82. The number of benzene rings is 3. The van der Waals surface area contributed by atoms with Gasteiger partial charge in [0.15, 0.2) is 9.84 Å². The van der Waals surface area contributed by atoms with Crippen LogP contribution in [0.15, 0.2) is 77.7 Å². The molecule has 1 N–H and O–H groups in total. The van der Waals surface area contributed by atoms with Gasteiger partial charge in [-0.15, -0.1) is 0 Å². The van der Waals surface area contributed by atoms with Crippen molar-refractivity contribution in [2.24, 2.45) is 0 Å². The van der Waals surface area contributed by atoms with Gasteiger partial charge < -0.3 is 10.1 Å². The first kappa shape index (κ1) is 21.4. The van der Waals surface area contributed by atoms with Crippen LogP contribution < -0.4 is 10.1 Å². The average Bonchev–Trinajstić information content (AvgIpc) is 2.71. The lowest BCUT2D eigenvalue weighted by molar-refractivity contribution is -0.0502. The molecule has 0 atom stereocenters. The lowest BCUT2D eigenvalue weighted by Crippen LogP contribution is -2.14. The Morgan fingerprint density at radius 2 is 1.63 bits per heavy atom.